The van der Waals surface area contributed by atoms with Crippen LogP contribution in [-0.2, 0) is 6.61 Å². The molecule has 1 aromatic carbocycles. The van der Waals surface area contributed by atoms with E-state index in [4.69, 9.17) is 4.74 Å². The van der Waals surface area contributed by atoms with E-state index in [1.807, 2.05) is 0 Å². The van der Waals surface area contributed by atoms with Crippen LogP contribution in [0.3, 0.4) is 0 Å². The molecule has 0 spiro atoms. The van der Waals surface area contributed by atoms with Crippen LogP contribution in [-0.4, -0.2) is 15.2 Å². The normalized spacial score (nSPS) is 10.9. The Kier molecular flexibility index (Phi) is 3.96. The molecule has 2 heterocycles. The maximum absolute atomic E-state index is 12.8. The number of aromatic nitrogens is 2. The first-order valence-electron chi connectivity index (χ1n) is 6.87. The quantitative estimate of drug-likeness (QED) is 0.689. The van der Waals surface area contributed by atoms with Crippen LogP contribution in [0.2, 0.25) is 0 Å². The highest BCUT2D eigenvalue weighted by Gasteiger charge is 2.16. The van der Waals surface area contributed by atoms with Crippen molar-refractivity contribution >= 4 is 22.1 Å². The van der Waals surface area contributed by atoms with Crippen LogP contribution >= 0.6 is 11.3 Å². The van der Waals surface area contributed by atoms with E-state index < -0.39 is 0 Å². The van der Waals surface area contributed by atoms with Gasteiger partial charge in [-0.2, -0.15) is 0 Å². The highest BCUT2D eigenvalue weighted by molar-refractivity contribution is 7.17. The minimum atomic E-state index is -0.346. The smallest absolute Gasteiger partial charge is 0.259 e. The molecule has 7 heteroatoms. The van der Waals surface area contributed by atoms with Gasteiger partial charge in [0.05, 0.1) is 5.69 Å². The first-order valence-corrected chi connectivity index (χ1v) is 7.69. The minimum Gasteiger partial charge on any atom is -0.487 e. The standard InChI is InChI=1S/C16H13FN2O3S/c1-9(20)15-10(2)23-16-18-12(7-14(21)19(15)16)8-22-13-5-3-11(17)4-6-13/h3-7H,8H2,1-2H3. The van der Waals surface area contributed by atoms with Crippen LogP contribution in [0.4, 0.5) is 4.39 Å². The summed E-state index contributed by atoms with van der Waals surface area (Å²) in [6, 6.07) is 6.94. The maximum atomic E-state index is 12.8. The number of hydrogen-bond donors (Lipinski definition) is 0. The first-order chi connectivity index (χ1) is 11.0. The van der Waals surface area contributed by atoms with E-state index in [1.54, 1.807) is 6.92 Å². The number of rotatable bonds is 4. The summed E-state index contributed by atoms with van der Waals surface area (Å²) in [5.74, 6) is -0.0332. The number of hydrogen-bond acceptors (Lipinski definition) is 5. The van der Waals surface area contributed by atoms with E-state index in [-0.39, 0.29) is 23.8 Å². The Labute approximate surface area is 135 Å². The topological polar surface area (TPSA) is 60.7 Å². The van der Waals surface area contributed by atoms with Gasteiger partial charge in [-0.25, -0.2) is 13.8 Å². The lowest BCUT2D eigenvalue weighted by atomic mass is 10.3. The summed E-state index contributed by atoms with van der Waals surface area (Å²) in [4.78, 5) is 29.5. The number of ketones is 1. The van der Waals surface area contributed by atoms with Crippen molar-refractivity contribution in [2.45, 2.75) is 20.5 Å². The van der Waals surface area contributed by atoms with Crippen molar-refractivity contribution in [3.8, 4) is 5.75 Å². The summed E-state index contributed by atoms with van der Waals surface area (Å²) in [5.41, 5.74) is 0.506. The molecule has 0 atom stereocenters. The van der Waals surface area contributed by atoms with E-state index in [0.29, 0.717) is 22.1 Å². The third-order valence-electron chi connectivity index (χ3n) is 3.28. The number of Topliss-reactive ketones (excluding diaryl/α,β-unsaturated/α-hetero) is 1. The average Bonchev–Trinajstić information content (AvgIpc) is 2.83. The Morgan fingerprint density at radius 2 is 2.04 bits per heavy atom. The zero-order chi connectivity index (χ0) is 16.6. The average molecular weight is 332 g/mol. The zero-order valence-corrected chi connectivity index (χ0v) is 13.3. The van der Waals surface area contributed by atoms with Crippen molar-refractivity contribution in [1.29, 1.82) is 0 Å². The van der Waals surface area contributed by atoms with Crippen LogP contribution in [0.25, 0.3) is 4.96 Å². The molecule has 0 fully saturated rings. The monoisotopic (exact) mass is 332 g/mol. The molecule has 0 bridgehead atoms. The fourth-order valence-electron chi connectivity index (χ4n) is 2.29. The van der Waals surface area contributed by atoms with E-state index >= 15 is 0 Å². The lowest BCUT2D eigenvalue weighted by Crippen LogP contribution is -2.19. The Morgan fingerprint density at radius 3 is 2.70 bits per heavy atom. The molecule has 23 heavy (non-hydrogen) atoms. The van der Waals surface area contributed by atoms with Gasteiger partial charge in [-0.3, -0.25) is 9.59 Å². The second kappa shape index (κ2) is 5.92. The lowest BCUT2D eigenvalue weighted by Gasteiger charge is -2.06. The summed E-state index contributed by atoms with van der Waals surface area (Å²) >= 11 is 1.28. The summed E-state index contributed by atoms with van der Waals surface area (Å²) in [5, 5.41) is 0. The third-order valence-corrected chi connectivity index (χ3v) is 4.23. The molecule has 3 rings (SSSR count). The Bertz CT molecular complexity index is 944. The fourth-order valence-corrected chi connectivity index (χ4v) is 3.33. The largest absolute Gasteiger partial charge is 0.487 e. The maximum Gasteiger partial charge on any atom is 0.259 e. The first kappa shape index (κ1) is 15.4. The van der Waals surface area contributed by atoms with Crippen molar-refractivity contribution in [3.63, 3.8) is 0 Å². The minimum absolute atomic E-state index is 0.0870. The van der Waals surface area contributed by atoms with Gasteiger partial charge in [0, 0.05) is 17.9 Å². The molecular formula is C16H13FN2O3S. The molecule has 0 saturated carbocycles. The molecule has 0 unspecified atom stereocenters. The van der Waals surface area contributed by atoms with Crippen molar-refractivity contribution in [2.24, 2.45) is 0 Å². The van der Waals surface area contributed by atoms with Crippen molar-refractivity contribution in [1.82, 2.24) is 9.38 Å². The number of carbonyl (C=O) groups is 1. The van der Waals surface area contributed by atoms with Gasteiger partial charge in [-0.1, -0.05) is 0 Å². The van der Waals surface area contributed by atoms with Gasteiger partial charge in [0.25, 0.3) is 5.56 Å². The number of ether oxygens (including phenoxy) is 1. The zero-order valence-electron chi connectivity index (χ0n) is 12.5. The Hall–Kier alpha value is -2.54. The second-order valence-corrected chi connectivity index (χ2v) is 6.19. The van der Waals surface area contributed by atoms with Gasteiger partial charge >= 0.3 is 0 Å². The van der Waals surface area contributed by atoms with Crippen LogP contribution < -0.4 is 10.3 Å². The molecule has 0 aliphatic rings. The molecule has 0 aliphatic carbocycles. The lowest BCUT2D eigenvalue weighted by molar-refractivity contribution is 0.101. The summed E-state index contributed by atoms with van der Waals surface area (Å²) in [6.07, 6.45) is 0. The molecule has 0 aliphatic heterocycles. The van der Waals surface area contributed by atoms with Crippen molar-refractivity contribution in [2.75, 3.05) is 0 Å². The van der Waals surface area contributed by atoms with E-state index in [1.165, 1.54) is 53.0 Å². The number of benzene rings is 1. The summed E-state index contributed by atoms with van der Waals surface area (Å²) < 4.78 is 19.7. The molecule has 2 aromatic heterocycles. The molecular weight excluding hydrogens is 319 g/mol. The van der Waals surface area contributed by atoms with Gasteiger partial charge in [0.15, 0.2) is 10.7 Å². The Balaban J connectivity index is 1.92. The predicted molar refractivity (Wildman–Crippen MR) is 84.8 cm³/mol. The molecule has 118 valence electrons. The highest BCUT2D eigenvalue weighted by atomic mass is 32.1. The molecule has 5 nitrogen and oxygen atoms in total. The third kappa shape index (κ3) is 3.00. The van der Waals surface area contributed by atoms with Crippen LogP contribution in [0, 0.1) is 12.7 Å². The number of fused-ring (bicyclic) bond motifs is 1. The van der Waals surface area contributed by atoms with E-state index in [0.717, 1.165) is 4.88 Å². The van der Waals surface area contributed by atoms with E-state index in [9.17, 15) is 14.0 Å². The highest BCUT2D eigenvalue weighted by Crippen LogP contribution is 2.20. The van der Waals surface area contributed by atoms with Gasteiger partial charge < -0.3 is 4.74 Å². The second-order valence-electron chi connectivity index (χ2n) is 5.01. The van der Waals surface area contributed by atoms with Crippen LogP contribution in [0.5, 0.6) is 5.75 Å². The van der Waals surface area contributed by atoms with Gasteiger partial charge in [0.1, 0.15) is 23.9 Å². The van der Waals surface area contributed by atoms with E-state index in [2.05, 4.69) is 4.98 Å². The van der Waals surface area contributed by atoms with Gasteiger partial charge in [-0.05, 0) is 31.2 Å². The molecule has 0 amide bonds. The summed E-state index contributed by atoms with van der Waals surface area (Å²) in [6.45, 7) is 3.29. The number of thiazole rings is 1. The number of halogens is 1. The molecule has 0 radical (unpaired) electrons. The van der Waals surface area contributed by atoms with Crippen LogP contribution in [0.1, 0.15) is 28.0 Å². The number of aryl methyl sites for hydroxylation is 1. The van der Waals surface area contributed by atoms with Crippen molar-refractivity contribution in [3.05, 3.63) is 62.8 Å². The SMILES string of the molecule is CC(=O)c1c(C)sc2nc(COc3ccc(F)cc3)cc(=O)n12. The number of nitrogens with zero attached hydrogens (tertiary/aromatic N) is 2. The summed E-state index contributed by atoms with van der Waals surface area (Å²) in [7, 11) is 0. The molecule has 0 saturated heterocycles. The Morgan fingerprint density at radius 1 is 1.35 bits per heavy atom. The molecule has 3 aromatic rings. The van der Waals surface area contributed by atoms with Crippen LogP contribution in [0.15, 0.2) is 35.1 Å². The predicted octanol–water partition coefficient (Wildman–Crippen LogP) is 2.99. The van der Waals surface area contributed by atoms with Gasteiger partial charge in [-0.15, -0.1) is 11.3 Å². The van der Waals surface area contributed by atoms with Gasteiger partial charge in [0.2, 0.25) is 0 Å². The fraction of sp³-hybridized carbons (Fsp3) is 0.188. The molecule has 0 N–H and O–H groups in total. The van der Waals surface area contributed by atoms with Crippen molar-refractivity contribution < 1.29 is 13.9 Å². The number of carbonyl (C=O) groups excluding carboxylic acids is 1.